The van der Waals surface area contributed by atoms with Gasteiger partial charge in [-0.2, -0.15) is 0 Å². The summed E-state index contributed by atoms with van der Waals surface area (Å²) in [7, 11) is 0. The maximum Gasteiger partial charge on any atom is 0.344 e. The van der Waals surface area contributed by atoms with Crippen LogP contribution in [-0.4, -0.2) is 24.0 Å². The lowest BCUT2D eigenvalue weighted by Gasteiger charge is -2.19. The van der Waals surface area contributed by atoms with Crippen LogP contribution in [0.2, 0.25) is 0 Å². The van der Waals surface area contributed by atoms with Crippen molar-refractivity contribution in [2.75, 3.05) is 6.61 Å². The summed E-state index contributed by atoms with van der Waals surface area (Å²) in [5.74, 6) is -0.395. The van der Waals surface area contributed by atoms with E-state index in [9.17, 15) is 14.0 Å². The van der Waals surface area contributed by atoms with Crippen molar-refractivity contribution in [3.8, 4) is 11.5 Å². The molecule has 0 spiro atoms. The molecular weight excluding hydrogens is 351 g/mol. The molecule has 0 bridgehead atoms. The Kier molecular flexibility index (Phi) is 4.99. The molecule has 1 heterocycles. The normalized spacial score (nSPS) is 14.7. The number of ketones is 1. The van der Waals surface area contributed by atoms with Gasteiger partial charge in [0.15, 0.2) is 12.4 Å². The minimum atomic E-state index is -0.593. The Morgan fingerprint density at radius 2 is 1.96 bits per heavy atom. The van der Waals surface area contributed by atoms with Gasteiger partial charge in [0.1, 0.15) is 22.9 Å². The number of rotatable bonds is 4. The van der Waals surface area contributed by atoms with E-state index in [1.165, 1.54) is 24.3 Å². The molecule has 2 aromatic rings. The standard InChI is InChI=1S/C21H19FO5/c1-21(2,3)27-19(23)12-25-15-7-8-16-17(11-15)26-18(20(16)24)10-13-5-4-6-14(22)9-13/h4-11H,12H2,1-3H3/b18-10-. The molecule has 2 aromatic carbocycles. The van der Waals surface area contributed by atoms with Crippen molar-refractivity contribution in [1.82, 2.24) is 0 Å². The van der Waals surface area contributed by atoms with Crippen LogP contribution >= 0.6 is 0 Å². The van der Waals surface area contributed by atoms with Crippen LogP contribution in [0.25, 0.3) is 6.08 Å². The van der Waals surface area contributed by atoms with Crippen molar-refractivity contribution in [3.05, 3.63) is 65.2 Å². The lowest BCUT2D eigenvalue weighted by atomic mass is 10.1. The first kappa shape index (κ1) is 18.6. The summed E-state index contributed by atoms with van der Waals surface area (Å²) in [6.45, 7) is 5.06. The summed E-state index contributed by atoms with van der Waals surface area (Å²) in [5.41, 5.74) is 0.305. The molecule has 0 aliphatic carbocycles. The number of halogens is 1. The first-order chi connectivity index (χ1) is 12.7. The van der Waals surface area contributed by atoms with Crippen molar-refractivity contribution < 1.29 is 28.2 Å². The van der Waals surface area contributed by atoms with E-state index in [-0.39, 0.29) is 18.1 Å². The van der Waals surface area contributed by atoms with E-state index < -0.39 is 17.4 Å². The number of allylic oxidation sites excluding steroid dienone is 1. The number of hydrogen-bond donors (Lipinski definition) is 0. The van der Waals surface area contributed by atoms with Crippen LogP contribution in [-0.2, 0) is 9.53 Å². The van der Waals surface area contributed by atoms with Crippen molar-refractivity contribution in [2.24, 2.45) is 0 Å². The Labute approximate surface area is 156 Å². The molecule has 1 aliphatic heterocycles. The minimum Gasteiger partial charge on any atom is -0.482 e. The number of Topliss-reactive ketones (excluding diaryl/α,β-unsaturated/α-hetero) is 1. The molecule has 0 fully saturated rings. The Morgan fingerprint density at radius 3 is 2.67 bits per heavy atom. The fraction of sp³-hybridized carbons (Fsp3) is 0.238. The Bertz CT molecular complexity index is 924. The van der Waals surface area contributed by atoms with Crippen molar-refractivity contribution >= 4 is 17.8 Å². The molecule has 0 saturated carbocycles. The van der Waals surface area contributed by atoms with Gasteiger partial charge in [-0.3, -0.25) is 4.79 Å². The summed E-state index contributed by atoms with van der Waals surface area (Å²) in [6, 6.07) is 10.5. The molecule has 5 nitrogen and oxygen atoms in total. The number of hydrogen-bond acceptors (Lipinski definition) is 5. The molecule has 0 unspecified atom stereocenters. The monoisotopic (exact) mass is 370 g/mol. The highest BCUT2D eigenvalue weighted by atomic mass is 19.1. The maximum absolute atomic E-state index is 13.3. The van der Waals surface area contributed by atoms with Gasteiger partial charge in [0, 0.05) is 6.07 Å². The second-order valence-corrected chi connectivity index (χ2v) is 7.03. The second-order valence-electron chi connectivity index (χ2n) is 7.03. The topological polar surface area (TPSA) is 61.8 Å². The van der Waals surface area contributed by atoms with Crippen LogP contribution in [0.1, 0.15) is 36.7 Å². The molecule has 0 N–H and O–H groups in total. The fourth-order valence-electron chi connectivity index (χ4n) is 2.52. The Morgan fingerprint density at radius 1 is 1.19 bits per heavy atom. The number of carbonyl (C=O) groups is 2. The second kappa shape index (κ2) is 7.23. The molecule has 0 saturated heterocycles. The van der Waals surface area contributed by atoms with Gasteiger partial charge >= 0.3 is 5.97 Å². The molecule has 27 heavy (non-hydrogen) atoms. The molecule has 3 rings (SSSR count). The van der Waals surface area contributed by atoms with E-state index in [2.05, 4.69) is 0 Å². The lowest BCUT2D eigenvalue weighted by Crippen LogP contribution is -2.27. The molecular formula is C21H19FO5. The number of benzene rings is 2. The number of fused-ring (bicyclic) bond motifs is 1. The summed E-state index contributed by atoms with van der Waals surface area (Å²) < 4.78 is 29.5. The first-order valence-corrected chi connectivity index (χ1v) is 8.40. The van der Waals surface area contributed by atoms with Gasteiger partial charge in [0.05, 0.1) is 5.56 Å². The molecule has 1 aliphatic rings. The zero-order chi connectivity index (χ0) is 19.6. The van der Waals surface area contributed by atoms with E-state index in [0.29, 0.717) is 22.6 Å². The Balaban J connectivity index is 1.71. The van der Waals surface area contributed by atoms with Gasteiger partial charge in [-0.25, -0.2) is 9.18 Å². The maximum atomic E-state index is 13.3. The molecule has 0 atom stereocenters. The molecule has 0 radical (unpaired) electrons. The van der Waals surface area contributed by atoms with E-state index >= 15 is 0 Å². The SMILES string of the molecule is CC(C)(C)OC(=O)COc1ccc2c(c1)O/C(=C\c1cccc(F)c1)C2=O. The summed E-state index contributed by atoms with van der Waals surface area (Å²) in [4.78, 5) is 24.1. The number of carbonyl (C=O) groups excluding carboxylic acids is 2. The van der Waals surface area contributed by atoms with Crippen LogP contribution in [0.15, 0.2) is 48.2 Å². The minimum absolute atomic E-state index is 0.0971. The summed E-state index contributed by atoms with van der Waals surface area (Å²) in [5, 5.41) is 0. The first-order valence-electron chi connectivity index (χ1n) is 8.40. The largest absolute Gasteiger partial charge is 0.482 e. The zero-order valence-electron chi connectivity index (χ0n) is 15.2. The molecule has 140 valence electrons. The average molecular weight is 370 g/mol. The van der Waals surface area contributed by atoms with E-state index in [1.54, 1.807) is 45.0 Å². The average Bonchev–Trinajstić information content (AvgIpc) is 2.87. The zero-order valence-corrected chi connectivity index (χ0v) is 15.2. The quantitative estimate of drug-likeness (QED) is 0.597. The third kappa shape index (κ3) is 4.73. The van der Waals surface area contributed by atoms with E-state index in [4.69, 9.17) is 14.2 Å². The highest BCUT2D eigenvalue weighted by molar-refractivity contribution is 6.14. The Hall–Kier alpha value is -3.15. The van der Waals surface area contributed by atoms with Gasteiger partial charge in [0.25, 0.3) is 0 Å². The highest BCUT2D eigenvalue weighted by Crippen LogP contribution is 2.35. The third-order valence-electron chi connectivity index (χ3n) is 3.56. The van der Waals surface area contributed by atoms with Gasteiger partial charge in [-0.1, -0.05) is 12.1 Å². The lowest BCUT2D eigenvalue weighted by molar-refractivity contribution is -0.157. The third-order valence-corrected chi connectivity index (χ3v) is 3.56. The van der Waals surface area contributed by atoms with Gasteiger partial charge in [-0.05, 0) is 56.7 Å². The number of esters is 1. The highest BCUT2D eigenvalue weighted by Gasteiger charge is 2.28. The van der Waals surface area contributed by atoms with Crippen molar-refractivity contribution in [1.29, 1.82) is 0 Å². The van der Waals surface area contributed by atoms with Crippen LogP contribution < -0.4 is 9.47 Å². The van der Waals surface area contributed by atoms with Crippen LogP contribution in [0.4, 0.5) is 4.39 Å². The fourth-order valence-corrected chi connectivity index (χ4v) is 2.52. The van der Waals surface area contributed by atoms with Crippen molar-refractivity contribution in [2.45, 2.75) is 26.4 Å². The smallest absolute Gasteiger partial charge is 0.344 e. The van der Waals surface area contributed by atoms with Crippen LogP contribution in [0.5, 0.6) is 11.5 Å². The summed E-state index contributed by atoms with van der Waals surface area (Å²) >= 11 is 0. The van der Waals surface area contributed by atoms with E-state index in [0.717, 1.165) is 0 Å². The predicted octanol–water partition coefficient (Wildman–Crippen LogP) is 4.16. The van der Waals surface area contributed by atoms with Gasteiger partial charge in [0.2, 0.25) is 5.78 Å². The molecule has 0 aromatic heterocycles. The van der Waals surface area contributed by atoms with E-state index in [1.807, 2.05) is 0 Å². The summed E-state index contributed by atoms with van der Waals surface area (Å²) in [6.07, 6.45) is 1.48. The van der Waals surface area contributed by atoms with Crippen molar-refractivity contribution in [3.63, 3.8) is 0 Å². The number of ether oxygens (including phenoxy) is 3. The van der Waals surface area contributed by atoms with Gasteiger partial charge in [-0.15, -0.1) is 0 Å². The van der Waals surface area contributed by atoms with Crippen LogP contribution in [0.3, 0.4) is 0 Å². The van der Waals surface area contributed by atoms with Gasteiger partial charge < -0.3 is 14.2 Å². The van der Waals surface area contributed by atoms with Crippen LogP contribution in [0, 0.1) is 5.82 Å². The molecule has 0 amide bonds. The predicted molar refractivity (Wildman–Crippen MR) is 97.1 cm³/mol. The molecule has 6 heteroatoms.